The maximum absolute atomic E-state index is 10.5. The summed E-state index contributed by atoms with van der Waals surface area (Å²) in [6.07, 6.45) is 5.88. The normalized spacial score (nSPS) is 41.1. The van der Waals surface area contributed by atoms with Gasteiger partial charge in [0.25, 0.3) is 0 Å². The van der Waals surface area contributed by atoms with E-state index in [1.54, 1.807) is 0 Å². The Hall–Kier alpha value is -0.120. The summed E-state index contributed by atoms with van der Waals surface area (Å²) in [4.78, 5) is 0. The molecule has 1 saturated carbocycles. The van der Waals surface area contributed by atoms with Gasteiger partial charge in [-0.15, -0.1) is 0 Å². The van der Waals surface area contributed by atoms with Crippen molar-refractivity contribution in [3.8, 4) is 0 Å². The van der Waals surface area contributed by atoms with Crippen molar-refractivity contribution in [3.63, 3.8) is 0 Å². The van der Waals surface area contributed by atoms with Crippen LogP contribution in [0.2, 0.25) is 0 Å². The number of hydrogen-bond donors (Lipinski definition) is 2. The Kier molecular flexibility index (Phi) is 3.10. The minimum Gasteiger partial charge on any atom is -0.390 e. The van der Waals surface area contributed by atoms with E-state index in [2.05, 4.69) is 0 Å². The van der Waals surface area contributed by atoms with Crippen molar-refractivity contribution in [2.75, 3.05) is 13.2 Å². The molecule has 0 aromatic heterocycles. The number of nitrogens with two attached hydrogens (primary N) is 1. The molecule has 0 amide bonds. The summed E-state index contributed by atoms with van der Waals surface area (Å²) in [7, 11) is 0. The van der Waals surface area contributed by atoms with Crippen LogP contribution in [-0.2, 0) is 4.74 Å². The van der Waals surface area contributed by atoms with E-state index in [9.17, 15) is 5.11 Å². The molecule has 1 aliphatic carbocycles. The lowest BCUT2D eigenvalue weighted by molar-refractivity contribution is -0.0897. The van der Waals surface area contributed by atoms with Crippen LogP contribution >= 0.6 is 0 Å². The molecule has 2 aliphatic rings. The summed E-state index contributed by atoms with van der Waals surface area (Å²) in [6, 6.07) is 0.205. The molecule has 2 fully saturated rings. The van der Waals surface area contributed by atoms with Gasteiger partial charge < -0.3 is 15.6 Å². The third kappa shape index (κ3) is 2.10. The van der Waals surface area contributed by atoms with Crippen molar-refractivity contribution in [2.45, 2.75) is 50.2 Å². The van der Waals surface area contributed by atoms with Gasteiger partial charge in [-0.05, 0) is 44.4 Å². The molecular formula is C11H21NO2. The molecule has 14 heavy (non-hydrogen) atoms. The Bertz CT molecular complexity index is 192. The molecular weight excluding hydrogens is 178 g/mol. The van der Waals surface area contributed by atoms with Gasteiger partial charge in [0.2, 0.25) is 0 Å². The van der Waals surface area contributed by atoms with E-state index in [1.807, 2.05) is 0 Å². The minimum atomic E-state index is -0.485. The van der Waals surface area contributed by atoms with E-state index in [0.717, 1.165) is 51.7 Å². The Morgan fingerprint density at radius 1 is 1.21 bits per heavy atom. The van der Waals surface area contributed by atoms with Gasteiger partial charge in [-0.3, -0.25) is 0 Å². The highest BCUT2D eigenvalue weighted by atomic mass is 16.5. The van der Waals surface area contributed by atoms with Gasteiger partial charge in [0, 0.05) is 19.3 Å². The lowest BCUT2D eigenvalue weighted by atomic mass is 9.71. The minimum absolute atomic E-state index is 0.205. The largest absolute Gasteiger partial charge is 0.390 e. The van der Waals surface area contributed by atoms with Crippen LogP contribution < -0.4 is 5.73 Å². The Morgan fingerprint density at radius 2 is 1.93 bits per heavy atom. The molecule has 1 heterocycles. The summed E-state index contributed by atoms with van der Waals surface area (Å²) in [6.45, 7) is 1.62. The Balaban J connectivity index is 1.98. The van der Waals surface area contributed by atoms with Crippen LogP contribution in [0.3, 0.4) is 0 Å². The first kappa shape index (κ1) is 10.4. The van der Waals surface area contributed by atoms with Crippen LogP contribution in [0.4, 0.5) is 0 Å². The zero-order chi connectivity index (χ0) is 10.0. The van der Waals surface area contributed by atoms with Gasteiger partial charge in [0.05, 0.1) is 5.60 Å². The molecule has 3 heteroatoms. The second kappa shape index (κ2) is 4.17. The van der Waals surface area contributed by atoms with Crippen molar-refractivity contribution in [1.29, 1.82) is 0 Å². The monoisotopic (exact) mass is 199 g/mol. The first-order chi connectivity index (χ1) is 6.71. The van der Waals surface area contributed by atoms with Crippen LogP contribution in [0, 0.1) is 5.92 Å². The van der Waals surface area contributed by atoms with E-state index in [0.29, 0.717) is 5.92 Å². The second-order valence-corrected chi connectivity index (χ2v) is 4.85. The summed E-state index contributed by atoms with van der Waals surface area (Å²) >= 11 is 0. The average Bonchev–Trinajstić information content (AvgIpc) is 2.19. The third-order valence-corrected chi connectivity index (χ3v) is 3.78. The smallest absolute Gasteiger partial charge is 0.0692 e. The third-order valence-electron chi connectivity index (χ3n) is 3.78. The summed E-state index contributed by atoms with van der Waals surface area (Å²) in [5.74, 6) is 0.419. The van der Waals surface area contributed by atoms with Gasteiger partial charge in [-0.25, -0.2) is 0 Å². The van der Waals surface area contributed by atoms with Gasteiger partial charge in [0.15, 0.2) is 0 Å². The summed E-state index contributed by atoms with van der Waals surface area (Å²) in [5, 5.41) is 10.5. The Morgan fingerprint density at radius 3 is 2.57 bits per heavy atom. The first-order valence-corrected chi connectivity index (χ1v) is 5.76. The molecule has 1 saturated heterocycles. The number of rotatable bonds is 1. The lowest BCUT2D eigenvalue weighted by Gasteiger charge is -2.43. The highest BCUT2D eigenvalue weighted by molar-refractivity contribution is 4.93. The predicted molar refractivity (Wildman–Crippen MR) is 54.9 cm³/mol. The molecule has 0 aromatic carbocycles. The van der Waals surface area contributed by atoms with Crippen molar-refractivity contribution < 1.29 is 9.84 Å². The topological polar surface area (TPSA) is 55.5 Å². The van der Waals surface area contributed by atoms with Crippen LogP contribution in [0.1, 0.15) is 38.5 Å². The fraction of sp³-hybridized carbons (Fsp3) is 1.00. The highest BCUT2D eigenvalue weighted by Gasteiger charge is 2.40. The highest BCUT2D eigenvalue weighted by Crippen LogP contribution is 2.38. The van der Waals surface area contributed by atoms with E-state index < -0.39 is 5.60 Å². The number of ether oxygens (including phenoxy) is 1. The lowest BCUT2D eigenvalue weighted by Crippen LogP contribution is -2.48. The van der Waals surface area contributed by atoms with Crippen molar-refractivity contribution in [3.05, 3.63) is 0 Å². The van der Waals surface area contributed by atoms with E-state index in [-0.39, 0.29) is 6.04 Å². The predicted octanol–water partition coefficient (Wildman–Crippen LogP) is 1.05. The zero-order valence-corrected chi connectivity index (χ0v) is 8.74. The molecule has 1 aliphatic heterocycles. The standard InChI is InChI=1S/C11H21NO2/c12-10-2-1-5-11(13,8-10)9-3-6-14-7-4-9/h9-10,13H,1-8,12H2. The molecule has 0 radical (unpaired) electrons. The van der Waals surface area contributed by atoms with Crippen LogP contribution in [0.25, 0.3) is 0 Å². The number of aliphatic hydroxyl groups is 1. The van der Waals surface area contributed by atoms with Crippen molar-refractivity contribution in [1.82, 2.24) is 0 Å². The molecule has 2 atom stereocenters. The fourth-order valence-corrected chi connectivity index (χ4v) is 2.93. The SMILES string of the molecule is NC1CCCC(O)(C2CCOCC2)C1. The van der Waals surface area contributed by atoms with E-state index in [1.165, 1.54) is 0 Å². The van der Waals surface area contributed by atoms with E-state index >= 15 is 0 Å². The quantitative estimate of drug-likeness (QED) is 0.663. The molecule has 3 nitrogen and oxygen atoms in total. The van der Waals surface area contributed by atoms with Crippen LogP contribution in [0.15, 0.2) is 0 Å². The molecule has 0 spiro atoms. The second-order valence-electron chi connectivity index (χ2n) is 4.85. The van der Waals surface area contributed by atoms with Gasteiger partial charge >= 0.3 is 0 Å². The zero-order valence-electron chi connectivity index (χ0n) is 8.74. The molecule has 2 unspecified atom stereocenters. The maximum atomic E-state index is 10.5. The van der Waals surface area contributed by atoms with Crippen LogP contribution in [0.5, 0.6) is 0 Å². The molecule has 0 aromatic rings. The number of hydrogen-bond acceptors (Lipinski definition) is 3. The summed E-state index contributed by atoms with van der Waals surface area (Å²) in [5.41, 5.74) is 5.44. The molecule has 82 valence electrons. The average molecular weight is 199 g/mol. The van der Waals surface area contributed by atoms with Gasteiger partial charge in [0.1, 0.15) is 0 Å². The Labute approximate surface area is 85.6 Å². The van der Waals surface area contributed by atoms with Crippen LogP contribution in [-0.4, -0.2) is 30.0 Å². The first-order valence-electron chi connectivity index (χ1n) is 5.76. The molecule has 3 N–H and O–H groups in total. The van der Waals surface area contributed by atoms with Gasteiger partial charge in [-0.2, -0.15) is 0 Å². The maximum Gasteiger partial charge on any atom is 0.0692 e. The molecule has 0 bridgehead atoms. The summed E-state index contributed by atoms with van der Waals surface area (Å²) < 4.78 is 5.32. The molecule has 2 rings (SSSR count). The van der Waals surface area contributed by atoms with Crippen molar-refractivity contribution >= 4 is 0 Å². The van der Waals surface area contributed by atoms with E-state index in [4.69, 9.17) is 10.5 Å². The fourth-order valence-electron chi connectivity index (χ4n) is 2.93. The van der Waals surface area contributed by atoms with Gasteiger partial charge in [-0.1, -0.05) is 0 Å². The van der Waals surface area contributed by atoms with Crippen molar-refractivity contribution in [2.24, 2.45) is 11.7 Å².